The standard InChI is InChI=1S/C13H23NO5S/c1-19-7-2-3-8-20(17,18)14-9-11-5-4-6-13(11,10-14)12(15)16/h11H,2-10H2,1H3,(H,15,16)/t11-,13+/m0/s1. The summed E-state index contributed by atoms with van der Waals surface area (Å²) in [6.45, 7) is 1.08. The number of carboxylic acids is 1. The van der Waals surface area contributed by atoms with Crippen LogP contribution in [0.2, 0.25) is 0 Å². The molecule has 0 aromatic carbocycles. The van der Waals surface area contributed by atoms with Gasteiger partial charge in [0.1, 0.15) is 0 Å². The number of ether oxygens (including phenoxy) is 1. The minimum absolute atomic E-state index is 0.0197. The molecular formula is C13H23NO5S. The first-order valence-corrected chi connectivity index (χ1v) is 8.73. The topological polar surface area (TPSA) is 83.9 Å². The molecule has 1 saturated carbocycles. The Morgan fingerprint density at radius 1 is 1.45 bits per heavy atom. The first-order valence-electron chi connectivity index (χ1n) is 7.12. The number of carbonyl (C=O) groups is 1. The Labute approximate surface area is 120 Å². The van der Waals surface area contributed by atoms with Crippen LogP contribution in [0.3, 0.4) is 0 Å². The molecule has 0 aromatic heterocycles. The van der Waals surface area contributed by atoms with E-state index in [1.807, 2.05) is 0 Å². The molecule has 1 saturated heterocycles. The molecule has 7 heteroatoms. The molecule has 2 atom stereocenters. The van der Waals surface area contributed by atoms with Crippen LogP contribution in [0.25, 0.3) is 0 Å². The van der Waals surface area contributed by atoms with Crippen LogP contribution in [0.1, 0.15) is 32.1 Å². The summed E-state index contributed by atoms with van der Waals surface area (Å²) < 4.78 is 30.9. The molecule has 0 amide bonds. The second kappa shape index (κ2) is 5.99. The fraction of sp³-hybridized carbons (Fsp3) is 0.923. The molecule has 1 N–H and O–H groups in total. The lowest BCUT2D eigenvalue weighted by Gasteiger charge is -2.23. The van der Waals surface area contributed by atoms with Gasteiger partial charge in [-0.2, -0.15) is 0 Å². The summed E-state index contributed by atoms with van der Waals surface area (Å²) in [4.78, 5) is 11.5. The molecular weight excluding hydrogens is 282 g/mol. The predicted molar refractivity (Wildman–Crippen MR) is 73.9 cm³/mol. The van der Waals surface area contributed by atoms with E-state index >= 15 is 0 Å². The highest BCUT2D eigenvalue weighted by Crippen LogP contribution is 2.49. The number of sulfonamides is 1. The molecule has 0 bridgehead atoms. The van der Waals surface area contributed by atoms with Crippen molar-refractivity contribution in [3.05, 3.63) is 0 Å². The molecule has 116 valence electrons. The Hall–Kier alpha value is -0.660. The van der Waals surface area contributed by atoms with Gasteiger partial charge in [0.15, 0.2) is 0 Å². The maximum atomic E-state index is 12.3. The van der Waals surface area contributed by atoms with E-state index < -0.39 is 21.4 Å². The van der Waals surface area contributed by atoms with Gasteiger partial charge in [0.2, 0.25) is 10.0 Å². The van der Waals surface area contributed by atoms with Crippen molar-refractivity contribution < 1.29 is 23.1 Å². The van der Waals surface area contributed by atoms with Gasteiger partial charge in [0.25, 0.3) is 0 Å². The van der Waals surface area contributed by atoms with Crippen LogP contribution in [0, 0.1) is 11.3 Å². The van der Waals surface area contributed by atoms with Crippen molar-refractivity contribution >= 4 is 16.0 Å². The third-order valence-electron chi connectivity index (χ3n) is 4.66. The van der Waals surface area contributed by atoms with Crippen LogP contribution in [-0.4, -0.2) is 56.4 Å². The largest absolute Gasteiger partial charge is 0.481 e. The lowest BCUT2D eigenvalue weighted by atomic mass is 9.81. The highest BCUT2D eigenvalue weighted by Gasteiger charge is 2.56. The Kier molecular flexibility index (Phi) is 4.71. The monoisotopic (exact) mass is 305 g/mol. The third-order valence-corrected chi connectivity index (χ3v) is 6.53. The molecule has 6 nitrogen and oxygen atoms in total. The molecule has 0 radical (unpaired) electrons. The molecule has 0 spiro atoms. The highest BCUT2D eigenvalue weighted by atomic mass is 32.2. The van der Waals surface area contributed by atoms with Gasteiger partial charge in [0.05, 0.1) is 11.2 Å². The number of hydrogen-bond donors (Lipinski definition) is 1. The van der Waals surface area contributed by atoms with Crippen LogP contribution in [0.4, 0.5) is 0 Å². The summed E-state index contributed by atoms with van der Waals surface area (Å²) in [6, 6.07) is 0. The number of fused-ring (bicyclic) bond motifs is 1. The zero-order valence-corrected chi connectivity index (χ0v) is 12.7. The second-order valence-electron chi connectivity index (χ2n) is 5.86. The van der Waals surface area contributed by atoms with Crippen LogP contribution in [-0.2, 0) is 19.6 Å². The smallest absolute Gasteiger partial charge is 0.311 e. The molecule has 20 heavy (non-hydrogen) atoms. The van der Waals surface area contributed by atoms with Crippen molar-refractivity contribution in [2.75, 3.05) is 32.6 Å². The van der Waals surface area contributed by atoms with Crippen LogP contribution >= 0.6 is 0 Å². The lowest BCUT2D eigenvalue weighted by molar-refractivity contribution is -0.149. The summed E-state index contributed by atoms with van der Waals surface area (Å²) in [5.41, 5.74) is -0.834. The summed E-state index contributed by atoms with van der Waals surface area (Å²) in [7, 11) is -1.75. The van der Waals surface area contributed by atoms with E-state index in [0.717, 1.165) is 12.8 Å². The summed E-state index contributed by atoms with van der Waals surface area (Å²) >= 11 is 0. The minimum Gasteiger partial charge on any atom is -0.481 e. The molecule has 2 fully saturated rings. The van der Waals surface area contributed by atoms with E-state index in [1.165, 1.54) is 4.31 Å². The third kappa shape index (κ3) is 2.84. The van der Waals surface area contributed by atoms with Gasteiger partial charge < -0.3 is 9.84 Å². The first-order chi connectivity index (χ1) is 9.42. The van der Waals surface area contributed by atoms with E-state index in [1.54, 1.807) is 7.11 Å². The molecule has 1 heterocycles. The zero-order chi connectivity index (χ0) is 14.8. The maximum absolute atomic E-state index is 12.3. The fourth-order valence-corrected chi connectivity index (χ4v) is 5.13. The Bertz CT molecular complexity index is 463. The normalized spacial score (nSPS) is 30.6. The molecule has 1 aliphatic carbocycles. The maximum Gasteiger partial charge on any atom is 0.311 e. The van der Waals surface area contributed by atoms with Crippen molar-refractivity contribution in [3.63, 3.8) is 0 Å². The Balaban J connectivity index is 1.99. The van der Waals surface area contributed by atoms with E-state index in [9.17, 15) is 18.3 Å². The van der Waals surface area contributed by atoms with Crippen molar-refractivity contribution in [1.82, 2.24) is 4.31 Å². The van der Waals surface area contributed by atoms with Crippen molar-refractivity contribution in [3.8, 4) is 0 Å². The van der Waals surface area contributed by atoms with Gasteiger partial charge in [-0.3, -0.25) is 4.79 Å². The number of carboxylic acid groups (broad SMARTS) is 1. The number of unbranched alkanes of at least 4 members (excludes halogenated alkanes) is 1. The first kappa shape index (κ1) is 15.7. The summed E-state index contributed by atoms with van der Waals surface area (Å²) in [5.74, 6) is -0.774. The average molecular weight is 305 g/mol. The average Bonchev–Trinajstić information content (AvgIpc) is 2.92. The van der Waals surface area contributed by atoms with Crippen LogP contribution in [0.15, 0.2) is 0 Å². The minimum atomic E-state index is -3.34. The number of methoxy groups -OCH3 is 1. The molecule has 0 aromatic rings. The number of rotatable bonds is 7. The predicted octanol–water partition coefficient (Wildman–Crippen LogP) is 0.929. The Morgan fingerprint density at radius 3 is 2.80 bits per heavy atom. The number of nitrogens with zero attached hydrogens (tertiary/aromatic N) is 1. The van der Waals surface area contributed by atoms with Gasteiger partial charge in [-0.25, -0.2) is 12.7 Å². The van der Waals surface area contributed by atoms with Crippen molar-refractivity contribution in [1.29, 1.82) is 0 Å². The van der Waals surface area contributed by atoms with Gasteiger partial charge in [-0.1, -0.05) is 6.42 Å². The quantitative estimate of drug-likeness (QED) is 0.707. The molecule has 1 aliphatic heterocycles. The lowest BCUT2D eigenvalue weighted by Crippen LogP contribution is -2.38. The number of aliphatic carboxylic acids is 1. The summed E-state index contributed by atoms with van der Waals surface area (Å²) in [5, 5.41) is 9.47. The SMILES string of the molecule is COCCCCS(=O)(=O)N1C[C@@H]2CCC[C@@]2(C(=O)O)C1. The molecule has 0 unspecified atom stereocenters. The van der Waals surface area contributed by atoms with Gasteiger partial charge >= 0.3 is 5.97 Å². The van der Waals surface area contributed by atoms with E-state index in [4.69, 9.17) is 4.74 Å². The molecule has 2 rings (SSSR count). The van der Waals surface area contributed by atoms with E-state index in [2.05, 4.69) is 0 Å². The summed E-state index contributed by atoms with van der Waals surface area (Å²) in [6.07, 6.45) is 3.57. The van der Waals surface area contributed by atoms with Gasteiger partial charge in [0, 0.05) is 26.8 Å². The van der Waals surface area contributed by atoms with Crippen LogP contribution < -0.4 is 0 Å². The second-order valence-corrected chi connectivity index (χ2v) is 7.95. The molecule has 2 aliphatic rings. The van der Waals surface area contributed by atoms with Gasteiger partial charge in [-0.15, -0.1) is 0 Å². The zero-order valence-electron chi connectivity index (χ0n) is 11.9. The van der Waals surface area contributed by atoms with E-state index in [-0.39, 0.29) is 18.2 Å². The van der Waals surface area contributed by atoms with E-state index in [0.29, 0.717) is 32.4 Å². The fourth-order valence-electron chi connectivity index (χ4n) is 3.46. The van der Waals surface area contributed by atoms with Crippen molar-refractivity contribution in [2.24, 2.45) is 11.3 Å². The Morgan fingerprint density at radius 2 is 2.20 bits per heavy atom. The number of hydrogen-bond acceptors (Lipinski definition) is 4. The highest BCUT2D eigenvalue weighted by molar-refractivity contribution is 7.89. The van der Waals surface area contributed by atoms with Crippen LogP contribution in [0.5, 0.6) is 0 Å². The van der Waals surface area contributed by atoms with Gasteiger partial charge in [-0.05, 0) is 31.6 Å². The van der Waals surface area contributed by atoms with Crippen molar-refractivity contribution in [2.45, 2.75) is 32.1 Å².